The van der Waals surface area contributed by atoms with Gasteiger partial charge in [0.1, 0.15) is 40.6 Å². The second kappa shape index (κ2) is 12.0. The molecule has 39 heavy (non-hydrogen) atoms. The number of amides is 1. The molecule has 0 aliphatic heterocycles. The molecule has 10 nitrogen and oxygen atoms in total. The molecule has 0 atom stereocenters. The highest BCUT2D eigenvalue weighted by molar-refractivity contribution is 5.94. The van der Waals surface area contributed by atoms with E-state index in [2.05, 4.69) is 29.1 Å². The van der Waals surface area contributed by atoms with Crippen LogP contribution in [0.15, 0.2) is 53.3 Å². The fourth-order valence-electron chi connectivity index (χ4n) is 4.05. The maximum atomic E-state index is 13.0. The van der Waals surface area contributed by atoms with Crippen molar-refractivity contribution in [3.63, 3.8) is 0 Å². The van der Waals surface area contributed by atoms with Crippen molar-refractivity contribution in [1.82, 2.24) is 25.2 Å². The summed E-state index contributed by atoms with van der Waals surface area (Å²) in [4.78, 5) is 39.3. The van der Waals surface area contributed by atoms with Crippen LogP contribution in [0.25, 0.3) is 33.7 Å². The quantitative estimate of drug-likeness (QED) is 0.297. The number of H-pyrrole nitrogens is 1. The van der Waals surface area contributed by atoms with Gasteiger partial charge in [0.05, 0.1) is 19.7 Å². The Bertz CT molecular complexity index is 1530. The number of pyridine rings is 1. The third-order valence-corrected chi connectivity index (χ3v) is 6.03. The Balaban J connectivity index is 1.79. The summed E-state index contributed by atoms with van der Waals surface area (Å²) in [5.74, 6) is 1.65. The van der Waals surface area contributed by atoms with Crippen LogP contribution in [0.2, 0.25) is 0 Å². The number of benzene rings is 2. The molecule has 0 unspecified atom stereocenters. The maximum absolute atomic E-state index is 13.0. The van der Waals surface area contributed by atoms with Gasteiger partial charge in [-0.15, -0.1) is 0 Å². The lowest BCUT2D eigenvalue weighted by Crippen LogP contribution is -2.27. The summed E-state index contributed by atoms with van der Waals surface area (Å²) in [6.45, 7) is 5.24. The molecule has 2 N–H and O–H groups in total. The number of hydrogen-bond donors (Lipinski definition) is 2. The van der Waals surface area contributed by atoms with Crippen molar-refractivity contribution in [1.29, 1.82) is 0 Å². The van der Waals surface area contributed by atoms with Crippen LogP contribution in [0, 0.1) is 0 Å². The molecule has 4 rings (SSSR count). The lowest BCUT2D eigenvalue weighted by molar-refractivity contribution is 0.0827. The zero-order valence-corrected chi connectivity index (χ0v) is 23.0. The lowest BCUT2D eigenvalue weighted by atomic mass is 10.1. The van der Waals surface area contributed by atoms with E-state index in [0.29, 0.717) is 64.3 Å². The molecule has 0 aliphatic rings. The molecule has 1 amide bonds. The van der Waals surface area contributed by atoms with Crippen molar-refractivity contribution in [3.8, 4) is 40.0 Å². The number of aromatic nitrogens is 3. The van der Waals surface area contributed by atoms with Crippen LogP contribution in [0.4, 0.5) is 0 Å². The van der Waals surface area contributed by atoms with E-state index in [1.807, 2.05) is 18.2 Å². The number of carbonyl (C=O) groups is 1. The number of fused-ring (bicyclic) bond motifs is 1. The van der Waals surface area contributed by atoms with Gasteiger partial charge in [-0.2, -0.15) is 0 Å². The minimum atomic E-state index is -0.357. The summed E-state index contributed by atoms with van der Waals surface area (Å²) in [6, 6.07) is 14.4. The van der Waals surface area contributed by atoms with E-state index < -0.39 is 0 Å². The summed E-state index contributed by atoms with van der Waals surface area (Å²) in [5, 5.41) is 3.65. The van der Waals surface area contributed by atoms with Crippen LogP contribution in [0.5, 0.6) is 17.2 Å². The molecule has 0 saturated heterocycles. The molecule has 0 spiro atoms. The van der Waals surface area contributed by atoms with Gasteiger partial charge in [0, 0.05) is 49.9 Å². The first-order valence-electron chi connectivity index (χ1n) is 12.6. The van der Waals surface area contributed by atoms with E-state index in [-0.39, 0.29) is 17.3 Å². The predicted octanol–water partition coefficient (Wildman–Crippen LogP) is 3.75. The van der Waals surface area contributed by atoms with Gasteiger partial charge in [0.15, 0.2) is 5.82 Å². The van der Waals surface area contributed by atoms with Gasteiger partial charge in [-0.05, 0) is 24.3 Å². The zero-order chi connectivity index (χ0) is 28.1. The average molecular weight is 532 g/mol. The minimum Gasteiger partial charge on any atom is -0.497 e. The molecule has 2 aromatic carbocycles. The van der Waals surface area contributed by atoms with E-state index in [4.69, 9.17) is 19.2 Å². The summed E-state index contributed by atoms with van der Waals surface area (Å²) >= 11 is 0. The highest BCUT2D eigenvalue weighted by Gasteiger charge is 2.17. The third-order valence-electron chi connectivity index (χ3n) is 6.03. The Morgan fingerprint density at radius 1 is 1.00 bits per heavy atom. The number of ether oxygens (including phenoxy) is 3. The molecule has 204 valence electrons. The number of nitrogens with zero attached hydrogens (tertiary/aromatic N) is 3. The molecule has 0 aliphatic carbocycles. The first-order chi connectivity index (χ1) is 18.7. The fourth-order valence-corrected chi connectivity index (χ4v) is 4.05. The normalized spacial score (nSPS) is 11.1. The predicted molar refractivity (Wildman–Crippen MR) is 151 cm³/mol. The molecule has 4 aromatic rings. The smallest absolute Gasteiger partial charge is 0.262 e. The van der Waals surface area contributed by atoms with Crippen LogP contribution in [-0.4, -0.2) is 73.3 Å². The van der Waals surface area contributed by atoms with Gasteiger partial charge in [0.2, 0.25) is 0 Å². The highest BCUT2D eigenvalue weighted by Crippen LogP contribution is 2.32. The summed E-state index contributed by atoms with van der Waals surface area (Å²) in [6.07, 6.45) is 0. The summed E-state index contributed by atoms with van der Waals surface area (Å²) in [7, 11) is 6.44. The second-order valence-electron chi connectivity index (χ2n) is 9.42. The zero-order valence-electron chi connectivity index (χ0n) is 23.0. The average Bonchev–Trinajstić information content (AvgIpc) is 2.94. The third kappa shape index (κ3) is 6.18. The summed E-state index contributed by atoms with van der Waals surface area (Å²) < 4.78 is 16.8. The van der Waals surface area contributed by atoms with Crippen molar-refractivity contribution in [3.05, 3.63) is 64.4 Å². The Morgan fingerprint density at radius 3 is 2.38 bits per heavy atom. The Labute approximate surface area is 227 Å². The largest absolute Gasteiger partial charge is 0.497 e. The Kier molecular flexibility index (Phi) is 8.46. The maximum Gasteiger partial charge on any atom is 0.262 e. The van der Waals surface area contributed by atoms with Gasteiger partial charge in [0.25, 0.3) is 11.5 Å². The van der Waals surface area contributed by atoms with Gasteiger partial charge < -0.3 is 29.4 Å². The molecule has 0 saturated carbocycles. The van der Waals surface area contributed by atoms with E-state index in [9.17, 15) is 9.59 Å². The highest BCUT2D eigenvalue weighted by atomic mass is 16.5. The minimum absolute atomic E-state index is 0.0942. The van der Waals surface area contributed by atoms with Gasteiger partial charge in [-0.25, -0.2) is 9.97 Å². The van der Waals surface area contributed by atoms with Crippen molar-refractivity contribution >= 4 is 16.8 Å². The topological polar surface area (TPSA) is 119 Å². The molecule has 0 bridgehead atoms. The number of nitrogens with one attached hydrogen (secondary N) is 2. The summed E-state index contributed by atoms with van der Waals surface area (Å²) in [5.41, 5.74) is 2.39. The van der Waals surface area contributed by atoms with Crippen molar-refractivity contribution in [2.45, 2.75) is 19.9 Å². The van der Waals surface area contributed by atoms with E-state index >= 15 is 0 Å². The van der Waals surface area contributed by atoms with Crippen LogP contribution < -0.4 is 25.1 Å². The van der Waals surface area contributed by atoms with Crippen LogP contribution in [0.1, 0.15) is 24.2 Å². The van der Waals surface area contributed by atoms with E-state index in [0.717, 1.165) is 5.56 Å². The number of aromatic amines is 1. The monoisotopic (exact) mass is 531 g/mol. The Hall–Kier alpha value is -4.44. The van der Waals surface area contributed by atoms with Crippen molar-refractivity contribution in [2.75, 3.05) is 41.5 Å². The van der Waals surface area contributed by atoms with Gasteiger partial charge in [-0.1, -0.05) is 26.0 Å². The lowest BCUT2D eigenvalue weighted by Gasteiger charge is -2.15. The van der Waals surface area contributed by atoms with Gasteiger partial charge in [-0.3, -0.25) is 9.59 Å². The van der Waals surface area contributed by atoms with Crippen LogP contribution in [-0.2, 0) is 0 Å². The first-order valence-corrected chi connectivity index (χ1v) is 12.6. The van der Waals surface area contributed by atoms with E-state index in [1.165, 1.54) is 19.1 Å². The van der Waals surface area contributed by atoms with E-state index in [1.54, 1.807) is 44.4 Å². The number of methoxy groups -OCH3 is 2. The standard InChI is InChI=1S/C29H33N5O5/c1-17(2)30-13-14-39-23-12-11-21(31-26(23)18-7-9-19(10-8-18)29(36)34(3)4)27-32-22-15-20(37-5)16-24(38-6)25(22)28(35)33-27/h7-12,15-17,30H,13-14H2,1-6H3,(H,32,33,35). The van der Waals surface area contributed by atoms with Gasteiger partial charge >= 0.3 is 0 Å². The number of rotatable bonds is 10. The van der Waals surface area contributed by atoms with Crippen LogP contribution in [0.3, 0.4) is 0 Å². The molecule has 0 fully saturated rings. The van der Waals surface area contributed by atoms with Crippen LogP contribution >= 0.6 is 0 Å². The molecule has 2 aromatic heterocycles. The number of hydrogen-bond acceptors (Lipinski definition) is 8. The molecular formula is C29H33N5O5. The number of carbonyl (C=O) groups excluding carboxylic acids is 1. The van der Waals surface area contributed by atoms with Crippen molar-refractivity contribution in [2.24, 2.45) is 0 Å². The molecular weight excluding hydrogens is 498 g/mol. The SMILES string of the molecule is COc1cc(OC)c2c(=O)[nH]c(-c3ccc(OCCNC(C)C)c(-c4ccc(C(=O)N(C)C)cc4)n3)nc2c1. The second-order valence-corrected chi connectivity index (χ2v) is 9.42. The Morgan fingerprint density at radius 2 is 1.74 bits per heavy atom. The molecule has 2 heterocycles. The fraction of sp³-hybridized carbons (Fsp3) is 0.310. The molecule has 10 heteroatoms. The first kappa shape index (κ1) is 27.6. The molecule has 0 radical (unpaired) electrons. The van der Waals surface area contributed by atoms with Crippen molar-refractivity contribution < 1.29 is 19.0 Å².